The minimum atomic E-state index is -0.0579. The summed E-state index contributed by atoms with van der Waals surface area (Å²) >= 11 is 0. The summed E-state index contributed by atoms with van der Waals surface area (Å²) in [5, 5.41) is 0. The largest absolute Gasteiger partial charge is 0.459 e. The predicted molar refractivity (Wildman–Crippen MR) is 80.5 cm³/mol. The van der Waals surface area contributed by atoms with E-state index in [9.17, 15) is 4.79 Å². The van der Waals surface area contributed by atoms with Gasteiger partial charge >= 0.3 is 0 Å². The monoisotopic (exact) mass is 271 g/mol. The molecule has 1 aliphatic rings. The molecule has 1 aliphatic heterocycles. The molecule has 2 rings (SSSR count). The van der Waals surface area contributed by atoms with Crippen molar-refractivity contribution >= 4 is 5.91 Å². The molecule has 0 aromatic carbocycles. The Morgan fingerprint density at radius 1 is 1.45 bits per heavy atom. The lowest BCUT2D eigenvalue weighted by Crippen LogP contribution is -2.48. The zero-order chi connectivity index (χ0) is 14.5. The fraction of sp³-hybridized carbons (Fsp3) is 0.353. The highest BCUT2D eigenvalue weighted by molar-refractivity contribution is 5.92. The van der Waals surface area contributed by atoms with Crippen LogP contribution in [0, 0.1) is 0 Å². The summed E-state index contributed by atoms with van der Waals surface area (Å²) < 4.78 is 5.26. The van der Waals surface area contributed by atoms with Crippen LogP contribution in [0.2, 0.25) is 0 Å². The molecule has 1 aromatic rings. The predicted octanol–water partition coefficient (Wildman–Crippen LogP) is 3.96. The third kappa shape index (κ3) is 2.93. The highest BCUT2D eigenvalue weighted by atomic mass is 16.3. The van der Waals surface area contributed by atoms with Crippen molar-refractivity contribution in [3.8, 4) is 0 Å². The van der Waals surface area contributed by atoms with Gasteiger partial charge in [-0.15, -0.1) is 13.2 Å². The van der Waals surface area contributed by atoms with E-state index in [0.717, 1.165) is 19.3 Å². The summed E-state index contributed by atoms with van der Waals surface area (Å²) in [7, 11) is 0. The Hall–Kier alpha value is -2.03. The minimum absolute atomic E-state index is 0.0452. The molecule has 0 radical (unpaired) electrons. The summed E-state index contributed by atoms with van der Waals surface area (Å²) in [6.07, 6.45) is 9.82. The van der Waals surface area contributed by atoms with Gasteiger partial charge in [0.05, 0.1) is 12.3 Å². The highest BCUT2D eigenvalue weighted by Gasteiger charge is 2.33. The Morgan fingerprint density at radius 2 is 2.20 bits per heavy atom. The van der Waals surface area contributed by atoms with Gasteiger partial charge in [-0.05, 0) is 38.3 Å². The highest BCUT2D eigenvalue weighted by Crippen LogP contribution is 2.28. The first-order valence-corrected chi connectivity index (χ1v) is 6.92. The number of carbonyl (C=O) groups excluding carboxylic acids is 1. The molecule has 0 saturated carbocycles. The molecule has 1 aromatic heterocycles. The topological polar surface area (TPSA) is 33.5 Å². The lowest BCUT2D eigenvalue weighted by molar-refractivity contribution is 0.0568. The summed E-state index contributed by atoms with van der Waals surface area (Å²) in [5.41, 5.74) is 1.31. The van der Waals surface area contributed by atoms with E-state index < -0.39 is 0 Å². The molecule has 0 saturated heterocycles. The van der Waals surface area contributed by atoms with E-state index in [1.807, 2.05) is 17.1 Å². The maximum atomic E-state index is 12.7. The molecular weight excluding hydrogens is 250 g/mol. The Labute approximate surface area is 120 Å². The van der Waals surface area contributed by atoms with Gasteiger partial charge in [-0.25, -0.2) is 0 Å². The smallest absolute Gasteiger partial charge is 0.290 e. The molecule has 0 unspecified atom stereocenters. The Morgan fingerprint density at radius 3 is 2.80 bits per heavy atom. The molecule has 0 N–H and O–H groups in total. The first-order valence-electron chi connectivity index (χ1n) is 6.92. The van der Waals surface area contributed by atoms with Crippen LogP contribution in [0.25, 0.3) is 0 Å². The molecule has 106 valence electrons. The fourth-order valence-corrected chi connectivity index (χ4v) is 2.80. The Balaban J connectivity index is 2.33. The molecule has 3 heteroatoms. The third-order valence-electron chi connectivity index (χ3n) is 3.60. The summed E-state index contributed by atoms with van der Waals surface area (Å²) in [5.74, 6) is 0.332. The lowest BCUT2D eigenvalue weighted by Gasteiger charge is -2.40. The Bertz CT molecular complexity index is 513. The zero-order valence-corrected chi connectivity index (χ0v) is 11.9. The van der Waals surface area contributed by atoms with E-state index in [0.29, 0.717) is 5.76 Å². The molecule has 0 aliphatic carbocycles. The van der Waals surface area contributed by atoms with E-state index in [-0.39, 0.29) is 18.0 Å². The molecule has 1 amide bonds. The maximum Gasteiger partial charge on any atom is 0.290 e. The van der Waals surface area contributed by atoms with Gasteiger partial charge in [0.15, 0.2) is 5.76 Å². The minimum Gasteiger partial charge on any atom is -0.459 e. The standard InChI is InChI=1S/C17H21NO2/c1-4-7-14-11-13(3)12-15(8-5-2)18(14)17(19)16-9-6-10-20-16/h4-6,9-11,14-15H,1-2,7-8,12H2,3H3/t14-,15-/m1/s1. The van der Waals surface area contributed by atoms with Gasteiger partial charge in [0.25, 0.3) is 5.91 Å². The first kappa shape index (κ1) is 14.4. The van der Waals surface area contributed by atoms with Crippen LogP contribution in [0.4, 0.5) is 0 Å². The number of amides is 1. The average Bonchev–Trinajstić information content (AvgIpc) is 2.92. The van der Waals surface area contributed by atoms with Crippen LogP contribution in [0.5, 0.6) is 0 Å². The van der Waals surface area contributed by atoms with Crippen molar-refractivity contribution < 1.29 is 9.21 Å². The Kier molecular flexibility index (Phi) is 4.61. The molecular formula is C17H21NO2. The number of carbonyl (C=O) groups is 1. The van der Waals surface area contributed by atoms with Gasteiger partial charge in [0, 0.05) is 6.04 Å². The second-order valence-corrected chi connectivity index (χ2v) is 5.18. The fourth-order valence-electron chi connectivity index (χ4n) is 2.80. The van der Waals surface area contributed by atoms with Crippen molar-refractivity contribution in [2.75, 3.05) is 0 Å². The second-order valence-electron chi connectivity index (χ2n) is 5.18. The van der Waals surface area contributed by atoms with Crippen LogP contribution in [-0.2, 0) is 0 Å². The molecule has 0 bridgehead atoms. The number of hydrogen-bond donors (Lipinski definition) is 0. The molecule has 0 spiro atoms. The van der Waals surface area contributed by atoms with E-state index in [1.54, 1.807) is 12.1 Å². The maximum absolute atomic E-state index is 12.7. The van der Waals surface area contributed by atoms with Crippen LogP contribution < -0.4 is 0 Å². The lowest BCUT2D eigenvalue weighted by atomic mass is 9.92. The molecule has 20 heavy (non-hydrogen) atoms. The molecule has 3 nitrogen and oxygen atoms in total. The van der Waals surface area contributed by atoms with Gasteiger partial charge < -0.3 is 9.32 Å². The first-order chi connectivity index (χ1) is 9.67. The van der Waals surface area contributed by atoms with Crippen molar-refractivity contribution in [2.45, 2.75) is 38.3 Å². The number of rotatable bonds is 5. The molecule has 0 fully saturated rings. The van der Waals surface area contributed by atoms with Gasteiger partial charge in [-0.3, -0.25) is 4.79 Å². The summed E-state index contributed by atoms with van der Waals surface area (Å²) in [6.45, 7) is 9.71. The van der Waals surface area contributed by atoms with E-state index in [4.69, 9.17) is 4.42 Å². The van der Waals surface area contributed by atoms with E-state index >= 15 is 0 Å². The number of hydrogen-bond acceptors (Lipinski definition) is 2. The van der Waals surface area contributed by atoms with Crippen LogP contribution in [-0.4, -0.2) is 22.9 Å². The van der Waals surface area contributed by atoms with Gasteiger partial charge in [0.2, 0.25) is 0 Å². The van der Waals surface area contributed by atoms with Gasteiger partial charge in [0.1, 0.15) is 0 Å². The normalized spacial score (nSPS) is 22.2. The van der Waals surface area contributed by atoms with Crippen LogP contribution in [0.1, 0.15) is 36.7 Å². The van der Waals surface area contributed by atoms with E-state index in [2.05, 4.69) is 26.2 Å². The average molecular weight is 271 g/mol. The van der Waals surface area contributed by atoms with Crippen molar-refractivity contribution in [1.29, 1.82) is 0 Å². The van der Waals surface area contributed by atoms with Crippen LogP contribution in [0.15, 0.2) is 59.8 Å². The third-order valence-corrected chi connectivity index (χ3v) is 3.60. The van der Waals surface area contributed by atoms with E-state index in [1.165, 1.54) is 11.8 Å². The quantitative estimate of drug-likeness (QED) is 0.759. The SMILES string of the molecule is C=CC[C@@H]1CC(C)=C[C@@H](CC=C)N1C(=O)c1ccco1. The van der Waals surface area contributed by atoms with Crippen LogP contribution >= 0.6 is 0 Å². The van der Waals surface area contributed by atoms with Crippen molar-refractivity contribution in [3.05, 3.63) is 61.1 Å². The van der Waals surface area contributed by atoms with Crippen molar-refractivity contribution in [1.82, 2.24) is 4.90 Å². The zero-order valence-electron chi connectivity index (χ0n) is 11.9. The molecule has 2 atom stereocenters. The van der Waals surface area contributed by atoms with Gasteiger partial charge in [-0.2, -0.15) is 0 Å². The van der Waals surface area contributed by atoms with Crippen molar-refractivity contribution in [2.24, 2.45) is 0 Å². The van der Waals surface area contributed by atoms with Gasteiger partial charge in [-0.1, -0.05) is 23.8 Å². The molecule has 2 heterocycles. The second kappa shape index (κ2) is 6.42. The summed E-state index contributed by atoms with van der Waals surface area (Å²) in [6, 6.07) is 3.64. The number of furan rings is 1. The van der Waals surface area contributed by atoms with Crippen molar-refractivity contribution in [3.63, 3.8) is 0 Å². The summed E-state index contributed by atoms with van der Waals surface area (Å²) in [4.78, 5) is 14.6. The number of nitrogens with zero attached hydrogens (tertiary/aromatic N) is 1. The van der Waals surface area contributed by atoms with Crippen LogP contribution in [0.3, 0.4) is 0 Å².